The van der Waals surface area contributed by atoms with Gasteiger partial charge in [-0.2, -0.15) is 15.0 Å². The van der Waals surface area contributed by atoms with Crippen LogP contribution in [0.2, 0.25) is 0 Å². The molecule has 1 heterocycles. The molecule has 1 aromatic heterocycles. The van der Waals surface area contributed by atoms with Gasteiger partial charge < -0.3 is 15.8 Å². The molecule has 1 aromatic carbocycles. The second-order valence-electron chi connectivity index (χ2n) is 3.34. The standard InChI is InChI=1S/C11H12IN5O/c1-2-18-11-16-9(13)15-10(17-11)14-8-6-4-3-5-7(8)12/h3-6H,2H2,1H3,(H3,13,14,15,16,17). The number of nitrogens with one attached hydrogen (secondary N) is 1. The van der Waals surface area contributed by atoms with Crippen molar-refractivity contribution in [1.29, 1.82) is 0 Å². The van der Waals surface area contributed by atoms with Gasteiger partial charge >= 0.3 is 6.01 Å². The number of nitrogens with zero attached hydrogens (tertiary/aromatic N) is 3. The van der Waals surface area contributed by atoms with E-state index in [1.807, 2.05) is 31.2 Å². The third-order valence-corrected chi connectivity index (χ3v) is 2.97. The normalized spacial score (nSPS) is 10.1. The summed E-state index contributed by atoms with van der Waals surface area (Å²) < 4.78 is 6.27. The molecule has 0 saturated heterocycles. The number of nitrogens with two attached hydrogens (primary N) is 1. The largest absolute Gasteiger partial charge is 0.464 e. The van der Waals surface area contributed by atoms with E-state index in [2.05, 4.69) is 42.9 Å². The predicted octanol–water partition coefficient (Wildman–Crippen LogP) is 2.20. The number of benzene rings is 1. The van der Waals surface area contributed by atoms with Crippen molar-refractivity contribution in [2.75, 3.05) is 17.7 Å². The first-order valence-corrected chi connectivity index (χ1v) is 6.43. The number of anilines is 3. The highest BCUT2D eigenvalue weighted by molar-refractivity contribution is 14.1. The summed E-state index contributed by atoms with van der Waals surface area (Å²) in [6, 6.07) is 8.02. The second kappa shape index (κ2) is 5.80. The Balaban J connectivity index is 2.26. The minimum atomic E-state index is 0.127. The van der Waals surface area contributed by atoms with Crippen molar-refractivity contribution in [3.8, 4) is 6.01 Å². The zero-order chi connectivity index (χ0) is 13.0. The first-order valence-electron chi connectivity index (χ1n) is 5.35. The summed E-state index contributed by atoms with van der Waals surface area (Å²) in [6.45, 7) is 2.33. The lowest BCUT2D eigenvalue weighted by molar-refractivity contribution is 0.312. The maximum Gasteiger partial charge on any atom is 0.323 e. The zero-order valence-corrected chi connectivity index (χ0v) is 11.9. The van der Waals surface area contributed by atoms with E-state index in [1.54, 1.807) is 0 Å². The fraction of sp³-hybridized carbons (Fsp3) is 0.182. The Hall–Kier alpha value is -1.64. The SMILES string of the molecule is CCOc1nc(N)nc(Nc2ccccc2I)n1. The predicted molar refractivity (Wildman–Crippen MR) is 77.9 cm³/mol. The van der Waals surface area contributed by atoms with E-state index >= 15 is 0 Å². The molecule has 2 rings (SSSR count). The summed E-state index contributed by atoms with van der Waals surface area (Å²) in [5, 5.41) is 3.08. The Labute approximate surface area is 118 Å². The number of halogens is 1. The van der Waals surface area contributed by atoms with Crippen LogP contribution in [0.5, 0.6) is 6.01 Å². The number of para-hydroxylation sites is 1. The van der Waals surface area contributed by atoms with Gasteiger partial charge in [-0.1, -0.05) is 12.1 Å². The first-order chi connectivity index (χ1) is 8.69. The van der Waals surface area contributed by atoms with E-state index in [1.165, 1.54) is 0 Å². The summed E-state index contributed by atoms with van der Waals surface area (Å²) in [6.07, 6.45) is 0. The van der Waals surface area contributed by atoms with Crippen LogP contribution in [0.1, 0.15) is 6.92 Å². The lowest BCUT2D eigenvalue weighted by atomic mass is 10.3. The Bertz CT molecular complexity index is 549. The van der Waals surface area contributed by atoms with Crippen LogP contribution < -0.4 is 15.8 Å². The molecule has 0 aliphatic rings. The fourth-order valence-corrected chi connectivity index (χ4v) is 1.83. The molecule has 94 valence electrons. The molecule has 3 N–H and O–H groups in total. The summed E-state index contributed by atoms with van der Waals surface area (Å²) in [4.78, 5) is 12.0. The monoisotopic (exact) mass is 357 g/mol. The molecule has 2 aromatic rings. The Morgan fingerprint density at radius 3 is 2.78 bits per heavy atom. The smallest absolute Gasteiger partial charge is 0.323 e. The first kappa shape index (κ1) is 12.8. The molecule has 0 aliphatic carbocycles. The van der Waals surface area contributed by atoms with Crippen LogP contribution in [0.3, 0.4) is 0 Å². The maximum absolute atomic E-state index is 5.60. The van der Waals surface area contributed by atoms with Crippen molar-refractivity contribution in [3.05, 3.63) is 27.8 Å². The van der Waals surface area contributed by atoms with Gasteiger partial charge in [0.2, 0.25) is 11.9 Å². The Morgan fingerprint density at radius 2 is 2.06 bits per heavy atom. The number of rotatable bonds is 4. The van der Waals surface area contributed by atoms with E-state index in [4.69, 9.17) is 10.5 Å². The Kier molecular flexibility index (Phi) is 4.13. The second-order valence-corrected chi connectivity index (χ2v) is 4.50. The third-order valence-electron chi connectivity index (χ3n) is 2.03. The topological polar surface area (TPSA) is 86.0 Å². The van der Waals surface area contributed by atoms with Gasteiger partial charge in [-0.15, -0.1) is 0 Å². The van der Waals surface area contributed by atoms with Crippen molar-refractivity contribution in [2.45, 2.75) is 6.92 Å². The van der Waals surface area contributed by atoms with E-state index in [0.717, 1.165) is 9.26 Å². The molecular weight excluding hydrogens is 345 g/mol. The van der Waals surface area contributed by atoms with Gasteiger partial charge in [0, 0.05) is 3.57 Å². The summed E-state index contributed by atoms with van der Waals surface area (Å²) in [7, 11) is 0. The van der Waals surface area contributed by atoms with Gasteiger partial charge in [-0.05, 0) is 41.6 Å². The van der Waals surface area contributed by atoms with Crippen LogP contribution in [0, 0.1) is 3.57 Å². The van der Waals surface area contributed by atoms with E-state index in [9.17, 15) is 0 Å². The lowest BCUT2D eigenvalue weighted by Crippen LogP contribution is -2.07. The summed E-state index contributed by atoms with van der Waals surface area (Å²) in [5.74, 6) is 0.497. The molecule has 0 bridgehead atoms. The number of hydrogen-bond donors (Lipinski definition) is 2. The summed E-state index contributed by atoms with van der Waals surface area (Å²) in [5.41, 5.74) is 6.51. The van der Waals surface area contributed by atoms with Gasteiger partial charge in [0.15, 0.2) is 0 Å². The van der Waals surface area contributed by atoms with Crippen LogP contribution in [-0.4, -0.2) is 21.6 Å². The molecule has 0 fully saturated rings. The molecule has 0 atom stereocenters. The molecule has 0 radical (unpaired) electrons. The van der Waals surface area contributed by atoms with Crippen molar-refractivity contribution in [2.24, 2.45) is 0 Å². The maximum atomic E-state index is 5.60. The molecular formula is C11H12IN5O. The molecule has 0 spiro atoms. The molecule has 7 heteroatoms. The number of ether oxygens (including phenoxy) is 1. The third kappa shape index (κ3) is 3.19. The fourth-order valence-electron chi connectivity index (χ4n) is 1.30. The van der Waals surface area contributed by atoms with E-state index < -0.39 is 0 Å². The van der Waals surface area contributed by atoms with Crippen molar-refractivity contribution < 1.29 is 4.74 Å². The van der Waals surface area contributed by atoms with Gasteiger partial charge in [-0.25, -0.2) is 0 Å². The number of hydrogen-bond acceptors (Lipinski definition) is 6. The molecule has 0 aliphatic heterocycles. The van der Waals surface area contributed by atoms with Gasteiger partial charge in [-0.3, -0.25) is 0 Å². The molecule has 6 nitrogen and oxygen atoms in total. The molecule has 18 heavy (non-hydrogen) atoms. The van der Waals surface area contributed by atoms with Gasteiger partial charge in [0.25, 0.3) is 0 Å². The van der Waals surface area contributed by atoms with Crippen LogP contribution >= 0.6 is 22.6 Å². The zero-order valence-electron chi connectivity index (χ0n) is 9.72. The average molecular weight is 357 g/mol. The van der Waals surface area contributed by atoms with Crippen LogP contribution in [0.4, 0.5) is 17.6 Å². The molecule has 0 amide bonds. The average Bonchev–Trinajstić information content (AvgIpc) is 2.32. The van der Waals surface area contributed by atoms with Crippen LogP contribution in [-0.2, 0) is 0 Å². The van der Waals surface area contributed by atoms with Crippen molar-refractivity contribution >= 4 is 40.2 Å². The van der Waals surface area contributed by atoms with Crippen LogP contribution in [0.15, 0.2) is 24.3 Å². The number of nitrogen functional groups attached to an aromatic ring is 1. The number of aromatic nitrogens is 3. The minimum Gasteiger partial charge on any atom is -0.464 e. The summed E-state index contributed by atoms with van der Waals surface area (Å²) >= 11 is 2.23. The van der Waals surface area contributed by atoms with Crippen molar-refractivity contribution in [3.63, 3.8) is 0 Å². The van der Waals surface area contributed by atoms with E-state index in [0.29, 0.717) is 12.6 Å². The van der Waals surface area contributed by atoms with Crippen LogP contribution in [0.25, 0.3) is 0 Å². The molecule has 0 saturated carbocycles. The lowest BCUT2D eigenvalue weighted by Gasteiger charge is -2.08. The highest BCUT2D eigenvalue weighted by atomic mass is 127. The quantitative estimate of drug-likeness (QED) is 0.816. The molecule has 0 unspecified atom stereocenters. The van der Waals surface area contributed by atoms with Gasteiger partial charge in [0.1, 0.15) is 0 Å². The van der Waals surface area contributed by atoms with E-state index in [-0.39, 0.29) is 12.0 Å². The van der Waals surface area contributed by atoms with Crippen molar-refractivity contribution in [1.82, 2.24) is 15.0 Å². The highest BCUT2D eigenvalue weighted by Crippen LogP contribution is 2.21. The highest BCUT2D eigenvalue weighted by Gasteiger charge is 2.06. The Morgan fingerprint density at radius 1 is 1.28 bits per heavy atom. The van der Waals surface area contributed by atoms with Gasteiger partial charge in [0.05, 0.1) is 12.3 Å². The minimum absolute atomic E-state index is 0.127.